The summed E-state index contributed by atoms with van der Waals surface area (Å²) in [5.74, 6) is 0.0101. The Morgan fingerprint density at radius 3 is 2.45 bits per heavy atom. The van der Waals surface area contributed by atoms with Crippen LogP contribution in [0.3, 0.4) is 0 Å². The Labute approximate surface area is 133 Å². The highest BCUT2D eigenvalue weighted by atomic mass is 35.5. The number of hydrogen-bond acceptors (Lipinski definition) is 3. The van der Waals surface area contributed by atoms with Crippen molar-refractivity contribution in [2.24, 2.45) is 5.73 Å². The van der Waals surface area contributed by atoms with Crippen LogP contribution < -0.4 is 11.1 Å². The van der Waals surface area contributed by atoms with Gasteiger partial charge in [0.05, 0.1) is 0 Å². The maximum atomic E-state index is 11.7. The number of amides is 1. The molecule has 0 bridgehead atoms. The zero-order chi connectivity index (χ0) is 13.4. The molecule has 0 aliphatic carbocycles. The van der Waals surface area contributed by atoms with Crippen LogP contribution in [0, 0.1) is 0 Å². The van der Waals surface area contributed by atoms with Gasteiger partial charge in [-0.1, -0.05) is 37.3 Å². The molecule has 3 N–H and O–H groups in total. The molecular formula is C14H25Cl2N3O. The molecule has 6 heteroatoms. The van der Waals surface area contributed by atoms with E-state index in [4.69, 9.17) is 5.73 Å². The summed E-state index contributed by atoms with van der Waals surface area (Å²) in [5, 5.41) is 2.89. The van der Waals surface area contributed by atoms with Crippen LogP contribution in [0.15, 0.2) is 30.3 Å². The van der Waals surface area contributed by atoms with Gasteiger partial charge in [0.25, 0.3) is 0 Å². The smallest absolute Gasteiger partial charge is 0.221 e. The van der Waals surface area contributed by atoms with Gasteiger partial charge in [-0.05, 0) is 19.2 Å². The maximum Gasteiger partial charge on any atom is 0.221 e. The highest BCUT2D eigenvalue weighted by Gasteiger charge is 2.10. The summed E-state index contributed by atoms with van der Waals surface area (Å²) in [6.07, 6.45) is 0.333. The second kappa shape index (κ2) is 12.0. The van der Waals surface area contributed by atoms with Crippen LogP contribution in [-0.2, 0) is 4.79 Å². The zero-order valence-electron chi connectivity index (χ0n) is 12.0. The Balaban J connectivity index is 0. The fraction of sp³-hybridized carbons (Fsp3) is 0.500. The Morgan fingerprint density at radius 1 is 1.30 bits per heavy atom. The predicted molar refractivity (Wildman–Crippen MR) is 88.7 cm³/mol. The first-order valence-corrected chi connectivity index (χ1v) is 6.39. The molecule has 1 aromatic rings. The number of halogens is 2. The van der Waals surface area contributed by atoms with Crippen molar-refractivity contribution >= 4 is 30.7 Å². The number of rotatable bonds is 7. The molecule has 0 aromatic heterocycles. The van der Waals surface area contributed by atoms with Gasteiger partial charge in [-0.3, -0.25) is 4.79 Å². The number of likely N-dealkylation sites (N-methyl/N-ethyl adjacent to an activating group) is 1. The summed E-state index contributed by atoms with van der Waals surface area (Å²) in [6.45, 7) is 4.61. The normalized spacial score (nSPS) is 11.2. The van der Waals surface area contributed by atoms with E-state index in [2.05, 4.69) is 17.1 Å². The summed E-state index contributed by atoms with van der Waals surface area (Å²) in [6, 6.07) is 9.48. The van der Waals surface area contributed by atoms with Gasteiger partial charge >= 0.3 is 0 Å². The quantitative estimate of drug-likeness (QED) is 0.807. The third kappa shape index (κ3) is 8.38. The van der Waals surface area contributed by atoms with Crippen molar-refractivity contribution in [3.05, 3.63) is 35.9 Å². The Morgan fingerprint density at radius 2 is 1.90 bits per heavy atom. The molecule has 0 fully saturated rings. The molecule has 0 spiro atoms. The van der Waals surface area contributed by atoms with E-state index >= 15 is 0 Å². The molecule has 0 aliphatic heterocycles. The van der Waals surface area contributed by atoms with Gasteiger partial charge in [-0.2, -0.15) is 0 Å². The van der Waals surface area contributed by atoms with Crippen molar-refractivity contribution in [2.45, 2.75) is 19.4 Å². The first-order valence-electron chi connectivity index (χ1n) is 6.39. The van der Waals surface area contributed by atoms with Crippen LogP contribution >= 0.6 is 24.8 Å². The minimum atomic E-state index is -0.227. The van der Waals surface area contributed by atoms with E-state index in [-0.39, 0.29) is 36.8 Å². The third-order valence-corrected chi connectivity index (χ3v) is 2.99. The lowest BCUT2D eigenvalue weighted by Gasteiger charge is -2.15. The van der Waals surface area contributed by atoms with Gasteiger partial charge in [0, 0.05) is 25.6 Å². The zero-order valence-corrected chi connectivity index (χ0v) is 13.7. The lowest BCUT2D eigenvalue weighted by Crippen LogP contribution is -2.34. The molecule has 0 heterocycles. The molecule has 1 amide bonds. The Kier molecular flexibility index (Phi) is 12.9. The monoisotopic (exact) mass is 321 g/mol. The van der Waals surface area contributed by atoms with E-state index in [1.165, 1.54) is 0 Å². The fourth-order valence-electron chi connectivity index (χ4n) is 1.63. The van der Waals surface area contributed by atoms with E-state index < -0.39 is 0 Å². The van der Waals surface area contributed by atoms with Crippen molar-refractivity contribution in [2.75, 3.05) is 26.7 Å². The second-order valence-electron chi connectivity index (χ2n) is 4.47. The van der Waals surface area contributed by atoms with Crippen molar-refractivity contribution in [1.82, 2.24) is 10.2 Å². The molecule has 1 rings (SSSR count). The molecular weight excluding hydrogens is 297 g/mol. The molecule has 0 radical (unpaired) electrons. The number of nitrogens with two attached hydrogens (primary N) is 1. The van der Waals surface area contributed by atoms with Gasteiger partial charge < -0.3 is 16.0 Å². The van der Waals surface area contributed by atoms with Crippen molar-refractivity contribution < 1.29 is 4.79 Å². The number of nitrogens with one attached hydrogen (secondary N) is 1. The van der Waals surface area contributed by atoms with E-state index in [0.717, 1.165) is 18.7 Å². The molecule has 1 atom stereocenters. The third-order valence-electron chi connectivity index (χ3n) is 2.99. The van der Waals surface area contributed by atoms with Gasteiger partial charge in [-0.15, -0.1) is 24.8 Å². The van der Waals surface area contributed by atoms with Crippen LogP contribution in [0.25, 0.3) is 0 Å². The Bertz CT molecular complexity index is 363. The number of hydrogen-bond donors (Lipinski definition) is 2. The summed E-state index contributed by atoms with van der Waals surface area (Å²) < 4.78 is 0. The number of carbonyl (C=O) groups is 1. The molecule has 0 aliphatic rings. The SMILES string of the molecule is CCN(C)CCNC(=O)CC(N)c1ccccc1.Cl.Cl. The van der Waals surface area contributed by atoms with E-state index in [0.29, 0.717) is 13.0 Å². The first kappa shape index (κ1) is 21.5. The van der Waals surface area contributed by atoms with Gasteiger partial charge in [-0.25, -0.2) is 0 Å². The highest BCUT2D eigenvalue weighted by Crippen LogP contribution is 2.12. The molecule has 116 valence electrons. The van der Waals surface area contributed by atoms with Crippen molar-refractivity contribution in [3.63, 3.8) is 0 Å². The van der Waals surface area contributed by atoms with Crippen molar-refractivity contribution in [1.29, 1.82) is 0 Å². The van der Waals surface area contributed by atoms with Crippen LogP contribution in [0.2, 0.25) is 0 Å². The molecule has 20 heavy (non-hydrogen) atoms. The standard InChI is InChI=1S/C14H23N3O.2ClH/c1-3-17(2)10-9-16-14(18)11-13(15)12-7-5-4-6-8-12;;/h4-8,13H,3,9-11,15H2,1-2H3,(H,16,18);2*1H. The molecule has 0 saturated heterocycles. The predicted octanol–water partition coefficient (Wildman–Crippen LogP) is 1.99. The van der Waals surface area contributed by atoms with Crippen molar-refractivity contribution in [3.8, 4) is 0 Å². The van der Waals surface area contributed by atoms with Crippen LogP contribution in [-0.4, -0.2) is 37.5 Å². The number of nitrogens with zero attached hydrogens (tertiary/aromatic N) is 1. The fourth-order valence-corrected chi connectivity index (χ4v) is 1.63. The summed E-state index contributed by atoms with van der Waals surface area (Å²) in [5.41, 5.74) is 6.98. The minimum absolute atomic E-state index is 0. The minimum Gasteiger partial charge on any atom is -0.355 e. The van der Waals surface area contributed by atoms with Crippen LogP contribution in [0.4, 0.5) is 0 Å². The highest BCUT2D eigenvalue weighted by molar-refractivity contribution is 5.85. The van der Waals surface area contributed by atoms with Crippen LogP contribution in [0.1, 0.15) is 24.9 Å². The molecule has 0 saturated carbocycles. The first-order chi connectivity index (χ1) is 8.63. The lowest BCUT2D eigenvalue weighted by atomic mass is 10.0. The van der Waals surface area contributed by atoms with Crippen LogP contribution in [0.5, 0.6) is 0 Å². The molecule has 1 unspecified atom stereocenters. The Hall–Kier alpha value is -0.810. The van der Waals surface area contributed by atoms with E-state index in [1.54, 1.807) is 0 Å². The van der Waals surface area contributed by atoms with Gasteiger partial charge in [0.1, 0.15) is 0 Å². The van der Waals surface area contributed by atoms with Gasteiger partial charge in [0.15, 0.2) is 0 Å². The molecule has 4 nitrogen and oxygen atoms in total. The summed E-state index contributed by atoms with van der Waals surface area (Å²) in [4.78, 5) is 13.8. The van der Waals surface area contributed by atoms with E-state index in [9.17, 15) is 4.79 Å². The largest absolute Gasteiger partial charge is 0.355 e. The average molecular weight is 322 g/mol. The lowest BCUT2D eigenvalue weighted by molar-refractivity contribution is -0.121. The number of benzene rings is 1. The number of carbonyl (C=O) groups excluding carboxylic acids is 1. The van der Waals surface area contributed by atoms with Gasteiger partial charge in [0.2, 0.25) is 5.91 Å². The second-order valence-corrected chi connectivity index (χ2v) is 4.47. The maximum absolute atomic E-state index is 11.7. The topological polar surface area (TPSA) is 58.4 Å². The average Bonchev–Trinajstić information content (AvgIpc) is 2.39. The molecule has 1 aromatic carbocycles. The van der Waals surface area contributed by atoms with E-state index in [1.807, 2.05) is 37.4 Å². The summed E-state index contributed by atoms with van der Waals surface area (Å²) >= 11 is 0. The summed E-state index contributed by atoms with van der Waals surface area (Å²) in [7, 11) is 2.03.